The monoisotopic (exact) mass is 318 g/mol. The average molecular weight is 319 g/mol. The van der Waals surface area contributed by atoms with Crippen LogP contribution in [0.3, 0.4) is 0 Å². The topological polar surface area (TPSA) is 55.1 Å². The third kappa shape index (κ3) is 2.94. The fourth-order valence-electron chi connectivity index (χ4n) is 7.68. The third-order valence-corrected chi connectivity index (χ3v) is 7.39. The lowest BCUT2D eigenvalue weighted by molar-refractivity contribution is -0.140. The predicted molar refractivity (Wildman–Crippen MR) is 92.9 cm³/mol. The van der Waals surface area contributed by atoms with Crippen LogP contribution in [0.2, 0.25) is 0 Å². The maximum atomic E-state index is 12.8. The summed E-state index contributed by atoms with van der Waals surface area (Å²) in [7, 11) is 0. The first-order valence-corrected chi connectivity index (χ1v) is 9.81. The van der Waals surface area contributed by atoms with Crippen LogP contribution in [-0.4, -0.2) is 17.0 Å². The quantitative estimate of drug-likeness (QED) is 0.829. The van der Waals surface area contributed by atoms with E-state index < -0.39 is 0 Å². The number of hydrogen-bond donors (Lipinski definition) is 2. The van der Waals surface area contributed by atoms with Crippen molar-refractivity contribution in [3.8, 4) is 0 Å². The molecule has 0 aromatic carbocycles. The Morgan fingerprint density at radius 2 is 1.61 bits per heavy atom. The van der Waals surface area contributed by atoms with Crippen molar-refractivity contribution in [3.63, 3.8) is 0 Å². The molecule has 3 N–H and O–H groups in total. The van der Waals surface area contributed by atoms with Crippen molar-refractivity contribution in [3.05, 3.63) is 0 Å². The number of carbonyl (C=O) groups excluding carboxylic acids is 1. The van der Waals surface area contributed by atoms with Crippen LogP contribution in [0.4, 0.5) is 0 Å². The lowest BCUT2D eigenvalue weighted by atomic mass is 9.43. The van der Waals surface area contributed by atoms with E-state index in [2.05, 4.69) is 19.2 Å². The Hall–Kier alpha value is -0.570. The Labute approximate surface area is 141 Å². The minimum atomic E-state index is -0.238. The zero-order valence-corrected chi connectivity index (χ0v) is 15.0. The zero-order valence-electron chi connectivity index (χ0n) is 15.0. The van der Waals surface area contributed by atoms with E-state index in [9.17, 15) is 4.79 Å². The third-order valence-electron chi connectivity index (χ3n) is 7.39. The molecule has 0 spiro atoms. The molecule has 0 aromatic rings. The molecule has 5 rings (SSSR count). The number of hydrogen-bond acceptors (Lipinski definition) is 2. The van der Waals surface area contributed by atoms with Crippen LogP contribution in [0.5, 0.6) is 0 Å². The van der Waals surface area contributed by atoms with Gasteiger partial charge in [-0.05, 0) is 68.1 Å². The van der Waals surface area contributed by atoms with Gasteiger partial charge in [0.25, 0.3) is 0 Å². The number of carbonyl (C=O) groups is 1. The Morgan fingerprint density at radius 1 is 1.00 bits per heavy atom. The molecule has 4 bridgehead atoms. The largest absolute Gasteiger partial charge is 0.351 e. The first kappa shape index (κ1) is 15.9. The lowest BCUT2D eigenvalue weighted by Gasteiger charge is -2.65. The van der Waals surface area contributed by atoms with Crippen LogP contribution >= 0.6 is 0 Å². The molecule has 2 unspecified atom stereocenters. The molecule has 23 heavy (non-hydrogen) atoms. The van der Waals surface area contributed by atoms with E-state index in [-0.39, 0.29) is 17.0 Å². The normalized spacial score (nSPS) is 47.5. The molecule has 5 aliphatic carbocycles. The molecular weight excluding hydrogens is 284 g/mol. The van der Waals surface area contributed by atoms with Gasteiger partial charge in [0, 0.05) is 17.5 Å². The highest BCUT2D eigenvalue weighted by atomic mass is 16.1. The number of rotatable bonds is 3. The summed E-state index contributed by atoms with van der Waals surface area (Å²) >= 11 is 0. The molecule has 0 saturated heterocycles. The first-order valence-electron chi connectivity index (χ1n) is 9.81. The van der Waals surface area contributed by atoms with Gasteiger partial charge in [-0.1, -0.05) is 33.1 Å². The summed E-state index contributed by atoms with van der Waals surface area (Å²) in [5.41, 5.74) is 7.26. The molecule has 2 atom stereocenters. The van der Waals surface area contributed by atoms with Gasteiger partial charge in [0.1, 0.15) is 0 Å². The van der Waals surface area contributed by atoms with Gasteiger partial charge in [0.05, 0.1) is 0 Å². The molecule has 130 valence electrons. The fourth-order valence-corrected chi connectivity index (χ4v) is 7.68. The molecule has 3 heteroatoms. The molecule has 0 heterocycles. The van der Waals surface area contributed by atoms with E-state index in [0.29, 0.717) is 17.3 Å². The SMILES string of the molecule is CC12CC3CC(C)(C1)CC(NC(=O)CC1(N)CCCCC1)(C3)C2. The second kappa shape index (κ2) is 4.97. The van der Waals surface area contributed by atoms with Gasteiger partial charge in [-0.2, -0.15) is 0 Å². The van der Waals surface area contributed by atoms with Gasteiger partial charge in [0.2, 0.25) is 5.91 Å². The summed E-state index contributed by atoms with van der Waals surface area (Å²) in [4.78, 5) is 12.8. The van der Waals surface area contributed by atoms with Crippen molar-refractivity contribution in [1.29, 1.82) is 0 Å². The lowest BCUT2D eigenvalue weighted by Crippen LogP contribution is -2.65. The smallest absolute Gasteiger partial charge is 0.222 e. The molecule has 0 aliphatic heterocycles. The van der Waals surface area contributed by atoms with E-state index >= 15 is 0 Å². The van der Waals surface area contributed by atoms with E-state index in [1.54, 1.807) is 0 Å². The van der Waals surface area contributed by atoms with Crippen LogP contribution in [0.25, 0.3) is 0 Å². The highest BCUT2D eigenvalue weighted by Gasteiger charge is 2.60. The van der Waals surface area contributed by atoms with Crippen molar-refractivity contribution in [2.45, 2.75) is 102 Å². The summed E-state index contributed by atoms with van der Waals surface area (Å²) in [6, 6.07) is 0. The summed E-state index contributed by atoms with van der Waals surface area (Å²) < 4.78 is 0. The maximum Gasteiger partial charge on any atom is 0.222 e. The fraction of sp³-hybridized carbons (Fsp3) is 0.950. The minimum absolute atomic E-state index is 0.0744. The molecule has 5 fully saturated rings. The predicted octanol–water partition coefficient (Wildman–Crippen LogP) is 3.90. The van der Waals surface area contributed by atoms with Gasteiger partial charge >= 0.3 is 0 Å². The maximum absolute atomic E-state index is 12.8. The highest BCUT2D eigenvalue weighted by Crippen LogP contribution is 2.66. The van der Waals surface area contributed by atoms with Crippen LogP contribution < -0.4 is 11.1 Å². The minimum Gasteiger partial charge on any atom is -0.351 e. The molecule has 0 aromatic heterocycles. The van der Waals surface area contributed by atoms with E-state index in [4.69, 9.17) is 5.73 Å². The molecule has 5 saturated carbocycles. The van der Waals surface area contributed by atoms with Crippen LogP contribution in [-0.2, 0) is 4.79 Å². The van der Waals surface area contributed by atoms with Crippen molar-refractivity contribution >= 4 is 5.91 Å². The van der Waals surface area contributed by atoms with Gasteiger partial charge < -0.3 is 11.1 Å². The van der Waals surface area contributed by atoms with Crippen molar-refractivity contribution in [2.24, 2.45) is 22.5 Å². The van der Waals surface area contributed by atoms with Gasteiger partial charge in [0.15, 0.2) is 0 Å². The second-order valence-corrected chi connectivity index (χ2v) is 10.6. The summed E-state index contributed by atoms with van der Waals surface area (Å²) in [5, 5.41) is 3.53. The van der Waals surface area contributed by atoms with Crippen LogP contribution in [0.15, 0.2) is 0 Å². The second-order valence-electron chi connectivity index (χ2n) is 10.6. The Morgan fingerprint density at radius 3 is 2.17 bits per heavy atom. The number of nitrogens with two attached hydrogens (primary N) is 1. The van der Waals surface area contributed by atoms with Gasteiger partial charge in [-0.15, -0.1) is 0 Å². The van der Waals surface area contributed by atoms with E-state index in [1.165, 1.54) is 57.8 Å². The summed E-state index contributed by atoms with van der Waals surface area (Å²) in [6.07, 6.45) is 13.9. The van der Waals surface area contributed by atoms with Crippen molar-refractivity contribution in [2.75, 3.05) is 0 Å². The van der Waals surface area contributed by atoms with Gasteiger partial charge in [-0.3, -0.25) is 4.79 Å². The van der Waals surface area contributed by atoms with Crippen molar-refractivity contribution in [1.82, 2.24) is 5.32 Å². The van der Waals surface area contributed by atoms with Gasteiger partial charge in [-0.25, -0.2) is 0 Å². The molecule has 3 nitrogen and oxygen atoms in total. The molecule has 0 radical (unpaired) electrons. The molecular formula is C20H34N2O. The first-order chi connectivity index (χ1) is 10.7. The average Bonchev–Trinajstić information content (AvgIpc) is 2.32. The standard InChI is InChI=1S/C20H34N2O/c1-17-8-15-9-18(2,12-17)14-20(10-15,13-17)22-16(23)11-19(21)6-4-3-5-7-19/h15H,3-14,21H2,1-2H3,(H,22,23). The Bertz CT molecular complexity index is 490. The van der Waals surface area contributed by atoms with E-state index in [1.807, 2.05) is 0 Å². The summed E-state index contributed by atoms with van der Waals surface area (Å²) in [6.45, 7) is 4.92. The number of amides is 1. The highest BCUT2D eigenvalue weighted by molar-refractivity contribution is 5.78. The molecule has 5 aliphatic rings. The Balaban J connectivity index is 1.47. The zero-order chi connectivity index (χ0) is 16.3. The van der Waals surface area contributed by atoms with Crippen molar-refractivity contribution < 1.29 is 4.79 Å². The number of nitrogens with one attached hydrogen (secondary N) is 1. The Kier molecular flexibility index (Phi) is 3.44. The van der Waals surface area contributed by atoms with Crippen LogP contribution in [0, 0.1) is 16.7 Å². The van der Waals surface area contributed by atoms with Crippen LogP contribution in [0.1, 0.15) is 90.9 Å². The van der Waals surface area contributed by atoms with E-state index in [0.717, 1.165) is 18.8 Å². The summed E-state index contributed by atoms with van der Waals surface area (Å²) in [5.74, 6) is 1.05. The molecule has 1 amide bonds.